The minimum Gasteiger partial charge on any atom is -0.335 e. The molecule has 1 atom stereocenters. The fraction of sp³-hybridized carbons (Fsp3) is 0.300. The summed E-state index contributed by atoms with van der Waals surface area (Å²) < 4.78 is 3.96. The molecule has 7 nitrogen and oxygen atoms in total. The number of amides is 1. The van der Waals surface area contributed by atoms with Crippen LogP contribution in [0.25, 0.3) is 21.9 Å². The van der Waals surface area contributed by atoms with Crippen molar-refractivity contribution in [1.29, 1.82) is 0 Å². The summed E-state index contributed by atoms with van der Waals surface area (Å²) in [6.45, 7) is 4.04. The summed E-state index contributed by atoms with van der Waals surface area (Å²) in [5.74, 6) is 0.971. The number of aromatic nitrogens is 5. The number of rotatable bonds is 4. The van der Waals surface area contributed by atoms with Crippen LogP contribution in [-0.2, 0) is 6.54 Å². The van der Waals surface area contributed by atoms with E-state index < -0.39 is 0 Å². The fourth-order valence-electron chi connectivity index (χ4n) is 3.92. The van der Waals surface area contributed by atoms with Crippen molar-refractivity contribution < 1.29 is 4.79 Å². The Kier molecular flexibility index (Phi) is 4.20. The highest BCUT2D eigenvalue weighted by molar-refractivity contribution is 7.13. The Bertz CT molecular complexity index is 1130. The second-order valence-corrected chi connectivity index (χ2v) is 7.80. The predicted molar refractivity (Wildman–Crippen MR) is 108 cm³/mol. The van der Waals surface area contributed by atoms with Gasteiger partial charge in [0.25, 0.3) is 5.91 Å². The number of pyridine rings is 1. The van der Waals surface area contributed by atoms with Crippen LogP contribution in [0.4, 0.5) is 0 Å². The van der Waals surface area contributed by atoms with Crippen molar-refractivity contribution in [1.82, 2.24) is 29.2 Å². The van der Waals surface area contributed by atoms with Gasteiger partial charge in [-0.05, 0) is 43.0 Å². The van der Waals surface area contributed by atoms with Crippen molar-refractivity contribution in [2.24, 2.45) is 0 Å². The number of likely N-dealkylation sites (tertiary alicyclic amines) is 1. The largest absolute Gasteiger partial charge is 0.335 e. The molecular weight excluding hydrogens is 372 g/mol. The molecule has 8 heteroatoms. The van der Waals surface area contributed by atoms with Crippen LogP contribution in [0.15, 0.2) is 48.1 Å². The summed E-state index contributed by atoms with van der Waals surface area (Å²) in [5, 5.41) is 6.29. The minimum atomic E-state index is 0.0388. The molecule has 0 saturated carbocycles. The van der Waals surface area contributed by atoms with Gasteiger partial charge in [-0.15, -0.1) is 11.3 Å². The molecule has 1 amide bonds. The van der Waals surface area contributed by atoms with E-state index in [1.807, 2.05) is 30.0 Å². The van der Waals surface area contributed by atoms with E-state index in [0.717, 1.165) is 34.8 Å². The number of carbonyl (C=O) groups is 1. The lowest BCUT2D eigenvalue weighted by molar-refractivity contribution is 0.0775. The van der Waals surface area contributed by atoms with Crippen LogP contribution in [0, 0.1) is 0 Å². The number of nitrogens with zero attached hydrogens (tertiary/aromatic N) is 6. The molecule has 5 rings (SSSR count). The van der Waals surface area contributed by atoms with E-state index in [-0.39, 0.29) is 11.9 Å². The van der Waals surface area contributed by atoms with Crippen molar-refractivity contribution >= 4 is 28.4 Å². The molecule has 0 bridgehead atoms. The first kappa shape index (κ1) is 17.1. The molecule has 4 aromatic rings. The Hall–Kier alpha value is -3.00. The molecule has 1 saturated heterocycles. The maximum absolute atomic E-state index is 13.0. The van der Waals surface area contributed by atoms with Crippen LogP contribution in [0.5, 0.6) is 0 Å². The molecular formula is C20H20N6OS. The van der Waals surface area contributed by atoms with Crippen molar-refractivity contribution in [2.45, 2.75) is 25.9 Å². The fourth-order valence-corrected chi connectivity index (χ4v) is 4.63. The maximum Gasteiger partial charge on any atom is 0.272 e. The van der Waals surface area contributed by atoms with Crippen molar-refractivity contribution in [3.63, 3.8) is 0 Å². The Morgan fingerprint density at radius 1 is 1.25 bits per heavy atom. The normalized spacial score (nSPS) is 16.9. The number of imidazole rings is 1. The first-order chi connectivity index (χ1) is 13.8. The highest BCUT2D eigenvalue weighted by Gasteiger charge is 2.32. The molecule has 0 radical (unpaired) electrons. The molecule has 142 valence electrons. The zero-order chi connectivity index (χ0) is 19.1. The van der Waals surface area contributed by atoms with Gasteiger partial charge in [-0.1, -0.05) is 6.07 Å². The van der Waals surface area contributed by atoms with Gasteiger partial charge < -0.3 is 9.47 Å². The average Bonchev–Trinajstić information content (AvgIpc) is 3.52. The summed E-state index contributed by atoms with van der Waals surface area (Å²) in [7, 11) is 0. The first-order valence-corrected chi connectivity index (χ1v) is 10.3. The quantitative estimate of drug-likeness (QED) is 0.533. The summed E-state index contributed by atoms with van der Waals surface area (Å²) in [5.41, 5.74) is 2.42. The van der Waals surface area contributed by atoms with Crippen molar-refractivity contribution in [3.8, 4) is 10.7 Å². The number of thiophene rings is 1. The van der Waals surface area contributed by atoms with Gasteiger partial charge in [-0.25, -0.2) is 9.97 Å². The average molecular weight is 392 g/mol. The van der Waals surface area contributed by atoms with Gasteiger partial charge in [-0.3, -0.25) is 9.48 Å². The molecule has 5 heterocycles. The summed E-state index contributed by atoms with van der Waals surface area (Å²) in [6, 6.07) is 9.97. The second kappa shape index (κ2) is 6.87. The Labute approximate surface area is 166 Å². The zero-order valence-electron chi connectivity index (χ0n) is 15.5. The molecule has 1 unspecified atom stereocenters. The van der Waals surface area contributed by atoms with Crippen molar-refractivity contribution in [2.75, 3.05) is 13.1 Å². The third kappa shape index (κ3) is 2.72. The number of carbonyl (C=O) groups excluding carboxylic acids is 1. The van der Waals surface area contributed by atoms with E-state index in [9.17, 15) is 4.79 Å². The lowest BCUT2D eigenvalue weighted by Gasteiger charge is -2.19. The molecule has 28 heavy (non-hydrogen) atoms. The zero-order valence-corrected chi connectivity index (χ0v) is 16.3. The van der Waals surface area contributed by atoms with Crippen LogP contribution in [0.2, 0.25) is 0 Å². The maximum atomic E-state index is 13.0. The van der Waals surface area contributed by atoms with E-state index in [0.29, 0.717) is 18.8 Å². The van der Waals surface area contributed by atoms with Gasteiger partial charge in [-0.2, -0.15) is 5.10 Å². The molecule has 4 aromatic heterocycles. The van der Waals surface area contributed by atoms with E-state index >= 15 is 0 Å². The Morgan fingerprint density at radius 2 is 2.18 bits per heavy atom. The van der Waals surface area contributed by atoms with Gasteiger partial charge in [0.2, 0.25) is 0 Å². The SMILES string of the molecule is CCn1nccc1C(=O)N1CCC(n2c(-c3cccs3)nc3cccnc32)C1. The summed E-state index contributed by atoms with van der Waals surface area (Å²) in [6.07, 6.45) is 4.37. The topological polar surface area (TPSA) is 68.8 Å². The van der Waals surface area contributed by atoms with Gasteiger partial charge in [0.1, 0.15) is 11.2 Å². The van der Waals surface area contributed by atoms with Gasteiger partial charge in [0, 0.05) is 32.0 Å². The molecule has 0 aliphatic carbocycles. The third-order valence-electron chi connectivity index (χ3n) is 5.24. The highest BCUT2D eigenvalue weighted by Crippen LogP contribution is 2.34. The van der Waals surface area contributed by atoms with Crippen molar-refractivity contribution in [3.05, 3.63) is 53.8 Å². The van der Waals surface area contributed by atoms with Crippen LogP contribution in [0.1, 0.15) is 29.9 Å². The smallest absolute Gasteiger partial charge is 0.272 e. The van der Waals surface area contributed by atoms with Crippen LogP contribution in [-0.4, -0.2) is 48.2 Å². The molecule has 1 aliphatic heterocycles. The predicted octanol–water partition coefficient (Wildman–Crippen LogP) is 3.46. The van der Waals surface area contributed by atoms with E-state index in [4.69, 9.17) is 4.98 Å². The highest BCUT2D eigenvalue weighted by atomic mass is 32.1. The van der Waals surface area contributed by atoms with Crippen LogP contribution < -0.4 is 0 Å². The second-order valence-electron chi connectivity index (χ2n) is 6.85. The Balaban J connectivity index is 1.50. The molecule has 1 fully saturated rings. The molecule has 0 spiro atoms. The monoisotopic (exact) mass is 392 g/mol. The minimum absolute atomic E-state index is 0.0388. The van der Waals surface area contributed by atoms with E-state index in [1.54, 1.807) is 34.5 Å². The number of aryl methyl sites for hydroxylation is 1. The first-order valence-electron chi connectivity index (χ1n) is 9.44. The van der Waals surface area contributed by atoms with E-state index in [2.05, 4.69) is 26.1 Å². The number of fused-ring (bicyclic) bond motifs is 1. The van der Waals surface area contributed by atoms with Crippen LogP contribution >= 0.6 is 11.3 Å². The van der Waals surface area contributed by atoms with Gasteiger partial charge in [0.05, 0.1) is 10.9 Å². The summed E-state index contributed by atoms with van der Waals surface area (Å²) in [4.78, 5) is 25.5. The summed E-state index contributed by atoms with van der Waals surface area (Å²) >= 11 is 1.67. The lowest BCUT2D eigenvalue weighted by Crippen LogP contribution is -2.31. The van der Waals surface area contributed by atoms with Crippen LogP contribution in [0.3, 0.4) is 0 Å². The van der Waals surface area contributed by atoms with E-state index in [1.165, 1.54) is 0 Å². The van der Waals surface area contributed by atoms with Gasteiger partial charge in [0.15, 0.2) is 11.5 Å². The molecule has 0 N–H and O–H groups in total. The third-order valence-corrected chi connectivity index (χ3v) is 6.11. The lowest BCUT2D eigenvalue weighted by atomic mass is 10.2. The van der Waals surface area contributed by atoms with Gasteiger partial charge >= 0.3 is 0 Å². The standard InChI is InChI=1S/C20H20N6OS/c1-2-25-16(7-10-22-25)20(27)24-11-8-14(13-24)26-18-15(5-3-9-21-18)23-19(26)17-6-4-12-28-17/h3-7,9-10,12,14H,2,8,11,13H2,1H3. The number of hydrogen-bond donors (Lipinski definition) is 0. The number of hydrogen-bond acceptors (Lipinski definition) is 5. The molecule has 0 aromatic carbocycles. The Morgan fingerprint density at radius 3 is 3.00 bits per heavy atom. The molecule has 1 aliphatic rings.